The van der Waals surface area contributed by atoms with Crippen LogP contribution in [0.25, 0.3) is 0 Å². The van der Waals surface area contributed by atoms with E-state index in [1.807, 2.05) is 30.3 Å². The minimum Gasteiger partial charge on any atom is -0.550 e. The normalized spacial score (nSPS) is 30.9. The summed E-state index contributed by atoms with van der Waals surface area (Å²) < 4.78 is 0. The van der Waals surface area contributed by atoms with Crippen molar-refractivity contribution >= 4 is 11.9 Å². The van der Waals surface area contributed by atoms with Gasteiger partial charge in [0.1, 0.15) is 0 Å². The van der Waals surface area contributed by atoms with Gasteiger partial charge in [-0.2, -0.15) is 0 Å². The molecule has 21 heavy (non-hydrogen) atoms. The minimum absolute atomic E-state index is 0.118. The predicted octanol–water partition coefficient (Wildman–Crippen LogP) is 1.11. The molecule has 0 spiro atoms. The molecule has 3 aliphatic carbocycles. The van der Waals surface area contributed by atoms with Crippen LogP contribution in [0.1, 0.15) is 31.2 Å². The predicted molar refractivity (Wildman–Crippen MR) is 75.7 cm³/mol. The number of carboxylic acids is 1. The lowest BCUT2D eigenvalue weighted by molar-refractivity contribution is -0.318. The molecule has 2 atom stereocenters. The Kier molecular flexibility index (Phi) is 3.95. The summed E-state index contributed by atoms with van der Waals surface area (Å²) in [5.74, 6) is -1.87. The van der Waals surface area contributed by atoms with E-state index < -0.39 is 17.8 Å². The van der Waals surface area contributed by atoms with Gasteiger partial charge in [-0.05, 0) is 43.1 Å². The van der Waals surface area contributed by atoms with E-state index in [1.165, 1.54) is 0 Å². The zero-order chi connectivity index (χ0) is 14.8. The highest BCUT2D eigenvalue weighted by atomic mass is 16.4. The molecule has 3 aliphatic rings. The molecule has 1 N–H and O–H groups in total. The maximum absolute atomic E-state index is 12.5. The van der Waals surface area contributed by atoms with Crippen LogP contribution < -0.4 is 10.4 Å². The molecule has 0 radical (unpaired) electrons. The maximum atomic E-state index is 12.5. The summed E-state index contributed by atoms with van der Waals surface area (Å²) in [5.41, 5.74) is 1.02. The van der Waals surface area contributed by atoms with E-state index in [-0.39, 0.29) is 17.7 Å². The summed E-state index contributed by atoms with van der Waals surface area (Å²) in [7, 11) is 0. The van der Waals surface area contributed by atoms with Gasteiger partial charge in [-0.3, -0.25) is 4.79 Å². The first-order chi connectivity index (χ1) is 10.2. The van der Waals surface area contributed by atoms with Crippen LogP contribution in [0.2, 0.25) is 0 Å². The van der Waals surface area contributed by atoms with E-state index in [4.69, 9.17) is 0 Å². The van der Waals surface area contributed by atoms with E-state index in [2.05, 4.69) is 5.32 Å². The molecule has 2 bridgehead atoms. The molecule has 4 heteroatoms. The van der Waals surface area contributed by atoms with Gasteiger partial charge in [0.15, 0.2) is 0 Å². The number of benzene rings is 1. The lowest BCUT2D eigenvalue weighted by Crippen LogP contribution is -2.54. The van der Waals surface area contributed by atoms with Crippen molar-refractivity contribution in [3.05, 3.63) is 35.9 Å². The highest BCUT2D eigenvalue weighted by molar-refractivity contribution is 5.85. The van der Waals surface area contributed by atoms with Crippen molar-refractivity contribution in [2.45, 2.75) is 32.2 Å². The largest absolute Gasteiger partial charge is 0.550 e. The summed E-state index contributed by atoms with van der Waals surface area (Å²) in [6, 6.07) is 9.67. The molecule has 0 unspecified atom stereocenters. The Hall–Kier alpha value is -1.84. The van der Waals surface area contributed by atoms with E-state index in [0.717, 1.165) is 31.2 Å². The topological polar surface area (TPSA) is 69.2 Å². The second-order valence-corrected chi connectivity index (χ2v) is 6.25. The van der Waals surface area contributed by atoms with Crippen molar-refractivity contribution in [1.82, 2.24) is 5.32 Å². The van der Waals surface area contributed by atoms with E-state index in [9.17, 15) is 14.7 Å². The molecule has 3 saturated carbocycles. The van der Waals surface area contributed by atoms with E-state index in [0.29, 0.717) is 6.54 Å². The average Bonchev–Trinajstić information content (AvgIpc) is 2.53. The lowest BCUT2D eigenvalue weighted by Gasteiger charge is -2.48. The number of fused-ring (bicyclic) bond motifs is 3. The first kappa shape index (κ1) is 14.1. The van der Waals surface area contributed by atoms with Gasteiger partial charge in [0.25, 0.3) is 0 Å². The van der Waals surface area contributed by atoms with Crippen LogP contribution in [0.15, 0.2) is 30.3 Å². The Balaban J connectivity index is 1.69. The quantitative estimate of drug-likeness (QED) is 0.901. The van der Waals surface area contributed by atoms with Crippen molar-refractivity contribution < 1.29 is 14.7 Å². The second-order valence-electron chi connectivity index (χ2n) is 6.25. The van der Waals surface area contributed by atoms with Crippen LogP contribution in [0, 0.1) is 23.7 Å². The zero-order valence-corrected chi connectivity index (χ0v) is 12.0. The number of hydrogen-bond donors (Lipinski definition) is 1. The zero-order valence-electron chi connectivity index (χ0n) is 12.0. The Labute approximate surface area is 124 Å². The Morgan fingerprint density at radius 2 is 1.57 bits per heavy atom. The number of carbonyl (C=O) groups excluding carboxylic acids is 2. The van der Waals surface area contributed by atoms with Crippen molar-refractivity contribution in [1.29, 1.82) is 0 Å². The fourth-order valence-electron chi connectivity index (χ4n) is 4.07. The summed E-state index contributed by atoms with van der Waals surface area (Å²) >= 11 is 0. The standard InChI is InChI=1S/C17H21NO3/c19-16(18-10-11-4-2-1-3-5-11)14-12-6-8-13(9-7-12)15(14)17(20)21/h1-5,12-15H,6-10H2,(H,18,19)(H,20,21)/p-1/t12?,13?,14-,15+/m1/s1. The summed E-state index contributed by atoms with van der Waals surface area (Å²) in [6.45, 7) is 0.452. The van der Waals surface area contributed by atoms with Gasteiger partial charge in [-0.15, -0.1) is 0 Å². The highest BCUT2D eigenvalue weighted by Gasteiger charge is 2.47. The van der Waals surface area contributed by atoms with Crippen LogP contribution in [-0.4, -0.2) is 11.9 Å². The van der Waals surface area contributed by atoms with Gasteiger partial charge in [0.05, 0.1) is 0 Å². The number of aliphatic carboxylic acids is 1. The Morgan fingerprint density at radius 1 is 1.00 bits per heavy atom. The SMILES string of the molecule is O=C(NCc1ccccc1)[C@@H]1C2CCC(CC2)[C@@H]1C(=O)[O-]. The molecule has 3 fully saturated rings. The first-order valence-electron chi connectivity index (χ1n) is 7.69. The van der Waals surface area contributed by atoms with Crippen molar-refractivity contribution in [2.75, 3.05) is 0 Å². The average molecular weight is 286 g/mol. The Morgan fingerprint density at radius 3 is 2.14 bits per heavy atom. The summed E-state index contributed by atoms with van der Waals surface area (Å²) in [6.07, 6.45) is 3.79. The smallest absolute Gasteiger partial charge is 0.224 e. The molecule has 1 aromatic rings. The molecule has 1 aromatic carbocycles. The molecular formula is C17H20NO3-. The highest BCUT2D eigenvalue weighted by Crippen LogP contribution is 2.48. The van der Waals surface area contributed by atoms with Crippen LogP contribution in [0.3, 0.4) is 0 Å². The van der Waals surface area contributed by atoms with Crippen molar-refractivity contribution in [2.24, 2.45) is 23.7 Å². The molecule has 1 amide bonds. The third-order valence-electron chi connectivity index (χ3n) is 5.10. The fraction of sp³-hybridized carbons (Fsp3) is 0.529. The Bertz CT molecular complexity index is 520. The third kappa shape index (κ3) is 2.80. The molecular weight excluding hydrogens is 266 g/mol. The van der Waals surface area contributed by atoms with Gasteiger partial charge in [0, 0.05) is 24.3 Å². The summed E-state index contributed by atoms with van der Waals surface area (Å²) in [4.78, 5) is 23.9. The molecule has 4 rings (SSSR count). The number of hydrogen-bond acceptors (Lipinski definition) is 3. The molecule has 112 valence electrons. The molecule has 0 aromatic heterocycles. The van der Waals surface area contributed by atoms with E-state index >= 15 is 0 Å². The van der Waals surface area contributed by atoms with Crippen LogP contribution >= 0.6 is 0 Å². The van der Waals surface area contributed by atoms with Gasteiger partial charge in [-0.25, -0.2) is 0 Å². The number of carbonyl (C=O) groups is 2. The van der Waals surface area contributed by atoms with Crippen LogP contribution in [-0.2, 0) is 16.1 Å². The molecule has 0 saturated heterocycles. The molecule has 0 aliphatic heterocycles. The number of carboxylic acid groups (broad SMARTS) is 1. The third-order valence-corrected chi connectivity index (χ3v) is 5.10. The second kappa shape index (κ2) is 5.88. The minimum atomic E-state index is -1.05. The van der Waals surface area contributed by atoms with Crippen molar-refractivity contribution in [3.8, 4) is 0 Å². The van der Waals surface area contributed by atoms with Crippen LogP contribution in [0.4, 0.5) is 0 Å². The summed E-state index contributed by atoms with van der Waals surface area (Å²) in [5, 5.41) is 14.4. The van der Waals surface area contributed by atoms with Crippen LogP contribution in [0.5, 0.6) is 0 Å². The van der Waals surface area contributed by atoms with Gasteiger partial charge in [0.2, 0.25) is 5.91 Å². The van der Waals surface area contributed by atoms with Gasteiger partial charge >= 0.3 is 0 Å². The number of rotatable bonds is 4. The number of nitrogens with one attached hydrogen (secondary N) is 1. The first-order valence-corrected chi connectivity index (χ1v) is 7.69. The number of amides is 1. The fourth-order valence-corrected chi connectivity index (χ4v) is 4.07. The van der Waals surface area contributed by atoms with Gasteiger partial charge in [-0.1, -0.05) is 30.3 Å². The maximum Gasteiger partial charge on any atom is 0.224 e. The lowest BCUT2D eigenvalue weighted by atomic mass is 9.58. The van der Waals surface area contributed by atoms with E-state index in [1.54, 1.807) is 0 Å². The van der Waals surface area contributed by atoms with Crippen molar-refractivity contribution in [3.63, 3.8) is 0 Å². The van der Waals surface area contributed by atoms with Gasteiger partial charge < -0.3 is 15.2 Å². The monoisotopic (exact) mass is 286 g/mol. The molecule has 4 nitrogen and oxygen atoms in total. The molecule has 0 heterocycles.